The molecule has 0 amide bonds. The monoisotopic (exact) mass is 256 g/mol. The van der Waals surface area contributed by atoms with E-state index in [1.54, 1.807) is 6.20 Å². The minimum Gasteiger partial charge on any atom is -0.457 e. The molecule has 98 valence electrons. The summed E-state index contributed by atoms with van der Waals surface area (Å²) < 4.78 is 7.45. The molecular weight excluding hydrogens is 240 g/mol. The Bertz CT molecular complexity index is 690. The second kappa shape index (κ2) is 3.95. The highest BCUT2D eigenvalue weighted by molar-refractivity contribution is 5.97. The molecule has 2 heterocycles. The summed E-state index contributed by atoms with van der Waals surface area (Å²) in [7, 11) is 0. The average Bonchev–Trinajstić information content (AvgIpc) is 2.72. The average molecular weight is 256 g/mol. The number of rotatable bonds is 1. The lowest BCUT2D eigenvalue weighted by atomic mass is 9.99. The quantitative estimate of drug-likeness (QED) is 0.737. The maximum atomic E-state index is 12.1. The number of hydrogen-bond acceptors (Lipinski definition) is 3. The molecule has 0 aromatic carbocycles. The minimum atomic E-state index is -0.474. The van der Waals surface area contributed by atoms with E-state index in [1.807, 2.05) is 49.7 Å². The maximum absolute atomic E-state index is 12.1. The van der Waals surface area contributed by atoms with Crippen molar-refractivity contribution >= 4 is 17.6 Å². The van der Waals surface area contributed by atoms with E-state index in [1.165, 1.54) is 0 Å². The molecule has 1 aliphatic rings. The van der Waals surface area contributed by atoms with E-state index in [4.69, 9.17) is 4.74 Å². The molecule has 2 aromatic heterocycles. The number of esters is 1. The molecule has 0 unspecified atom stereocenters. The number of hydrogen-bond donors (Lipinski definition) is 0. The SMILES string of the molecule is CC(C)(C)OC(=O)C1=Cc2nccn3ccc(c23)C1. The Hall–Kier alpha value is -2.10. The molecule has 19 heavy (non-hydrogen) atoms. The van der Waals surface area contributed by atoms with Crippen molar-refractivity contribution < 1.29 is 9.53 Å². The predicted octanol–water partition coefficient (Wildman–Crippen LogP) is 2.62. The second-order valence-corrected chi connectivity index (χ2v) is 5.76. The van der Waals surface area contributed by atoms with Crippen LogP contribution in [0.15, 0.2) is 30.2 Å². The first-order valence-corrected chi connectivity index (χ1v) is 6.32. The van der Waals surface area contributed by atoms with Gasteiger partial charge in [-0.05, 0) is 38.5 Å². The molecule has 4 heteroatoms. The fourth-order valence-corrected chi connectivity index (χ4v) is 2.30. The normalized spacial score (nSPS) is 14.4. The topological polar surface area (TPSA) is 43.6 Å². The number of nitrogens with zero attached hydrogens (tertiary/aromatic N) is 2. The third kappa shape index (κ3) is 2.14. The van der Waals surface area contributed by atoms with Crippen molar-refractivity contribution in [3.63, 3.8) is 0 Å². The number of aromatic nitrogens is 2. The molecule has 0 atom stereocenters. The van der Waals surface area contributed by atoms with Gasteiger partial charge < -0.3 is 9.14 Å². The Kier molecular flexibility index (Phi) is 2.49. The van der Waals surface area contributed by atoms with Crippen LogP contribution < -0.4 is 0 Å². The van der Waals surface area contributed by atoms with E-state index in [-0.39, 0.29) is 5.97 Å². The van der Waals surface area contributed by atoms with Crippen LogP contribution in [0.25, 0.3) is 11.6 Å². The summed E-state index contributed by atoms with van der Waals surface area (Å²) >= 11 is 0. The number of ether oxygens (including phenoxy) is 1. The first-order chi connectivity index (χ1) is 8.94. The molecule has 2 aromatic rings. The van der Waals surface area contributed by atoms with Crippen LogP contribution in [0.1, 0.15) is 32.0 Å². The van der Waals surface area contributed by atoms with E-state index in [2.05, 4.69) is 4.98 Å². The highest BCUT2D eigenvalue weighted by Gasteiger charge is 2.24. The maximum Gasteiger partial charge on any atom is 0.334 e. The van der Waals surface area contributed by atoms with Crippen molar-refractivity contribution in [1.29, 1.82) is 0 Å². The van der Waals surface area contributed by atoms with Gasteiger partial charge in [0, 0.05) is 30.6 Å². The first-order valence-electron chi connectivity index (χ1n) is 6.32. The van der Waals surface area contributed by atoms with E-state index < -0.39 is 5.60 Å². The summed E-state index contributed by atoms with van der Waals surface area (Å²) in [6.45, 7) is 5.62. The van der Waals surface area contributed by atoms with E-state index in [9.17, 15) is 4.79 Å². The van der Waals surface area contributed by atoms with Crippen LogP contribution in [0, 0.1) is 0 Å². The molecule has 0 spiro atoms. The van der Waals surface area contributed by atoms with E-state index in [0.717, 1.165) is 16.8 Å². The number of carbonyl (C=O) groups excluding carboxylic acids is 1. The molecule has 0 saturated heterocycles. The van der Waals surface area contributed by atoms with Crippen LogP contribution in [0.3, 0.4) is 0 Å². The lowest BCUT2D eigenvalue weighted by Gasteiger charge is -2.21. The van der Waals surface area contributed by atoms with Gasteiger partial charge in [-0.3, -0.25) is 4.98 Å². The van der Waals surface area contributed by atoms with Gasteiger partial charge in [0.15, 0.2) is 0 Å². The lowest BCUT2D eigenvalue weighted by molar-refractivity contribution is -0.149. The summed E-state index contributed by atoms with van der Waals surface area (Å²) in [5.74, 6) is -0.261. The zero-order valence-corrected chi connectivity index (χ0v) is 11.3. The van der Waals surface area contributed by atoms with Crippen molar-refractivity contribution in [3.05, 3.63) is 41.5 Å². The minimum absolute atomic E-state index is 0.261. The predicted molar refractivity (Wildman–Crippen MR) is 72.7 cm³/mol. The highest BCUT2D eigenvalue weighted by atomic mass is 16.6. The second-order valence-electron chi connectivity index (χ2n) is 5.76. The number of carbonyl (C=O) groups is 1. The smallest absolute Gasteiger partial charge is 0.334 e. The Morgan fingerprint density at radius 1 is 1.37 bits per heavy atom. The molecule has 0 saturated carbocycles. The van der Waals surface area contributed by atoms with Crippen molar-refractivity contribution in [1.82, 2.24) is 9.38 Å². The summed E-state index contributed by atoms with van der Waals surface area (Å²) in [5.41, 5.74) is 3.21. The van der Waals surface area contributed by atoms with Gasteiger partial charge in [0.25, 0.3) is 0 Å². The van der Waals surface area contributed by atoms with Crippen LogP contribution in [-0.2, 0) is 16.0 Å². The van der Waals surface area contributed by atoms with Gasteiger partial charge >= 0.3 is 5.97 Å². The van der Waals surface area contributed by atoms with Crippen LogP contribution in [-0.4, -0.2) is 21.0 Å². The van der Waals surface area contributed by atoms with Crippen LogP contribution in [0.5, 0.6) is 0 Å². The van der Waals surface area contributed by atoms with Crippen LogP contribution >= 0.6 is 0 Å². The van der Waals surface area contributed by atoms with Gasteiger partial charge in [-0.15, -0.1) is 0 Å². The fourth-order valence-electron chi connectivity index (χ4n) is 2.30. The fraction of sp³-hybridized carbons (Fsp3) is 0.333. The van der Waals surface area contributed by atoms with E-state index >= 15 is 0 Å². The zero-order chi connectivity index (χ0) is 13.6. The molecule has 0 radical (unpaired) electrons. The van der Waals surface area contributed by atoms with Gasteiger partial charge in [0.1, 0.15) is 5.60 Å². The molecular formula is C15H16N2O2. The van der Waals surface area contributed by atoms with Gasteiger partial charge in [-0.25, -0.2) is 4.79 Å². The largest absolute Gasteiger partial charge is 0.457 e. The molecule has 0 fully saturated rings. The van der Waals surface area contributed by atoms with Crippen LogP contribution in [0.2, 0.25) is 0 Å². The Labute approximate surface area is 111 Å². The Morgan fingerprint density at radius 2 is 2.16 bits per heavy atom. The summed E-state index contributed by atoms with van der Waals surface area (Å²) in [5, 5.41) is 0. The standard InChI is InChI=1S/C15H16N2O2/c1-15(2,3)19-14(18)11-8-10-4-6-17-7-5-16-12(9-11)13(10)17/h4-7,9H,8H2,1-3H3. The lowest BCUT2D eigenvalue weighted by Crippen LogP contribution is -2.25. The molecule has 0 N–H and O–H groups in total. The molecule has 0 aliphatic heterocycles. The van der Waals surface area contributed by atoms with Gasteiger partial charge in [-0.2, -0.15) is 0 Å². The Morgan fingerprint density at radius 3 is 2.89 bits per heavy atom. The van der Waals surface area contributed by atoms with Crippen LogP contribution in [0.4, 0.5) is 0 Å². The Balaban J connectivity index is 2.00. The zero-order valence-electron chi connectivity index (χ0n) is 11.3. The highest BCUT2D eigenvalue weighted by Crippen LogP contribution is 2.27. The summed E-state index contributed by atoms with van der Waals surface area (Å²) in [6, 6.07) is 2.03. The van der Waals surface area contributed by atoms with Gasteiger partial charge in [0.05, 0.1) is 11.2 Å². The molecule has 1 aliphatic carbocycles. The third-order valence-corrected chi connectivity index (χ3v) is 3.04. The van der Waals surface area contributed by atoms with Crippen molar-refractivity contribution in [2.24, 2.45) is 0 Å². The first kappa shape index (κ1) is 12.0. The van der Waals surface area contributed by atoms with Gasteiger partial charge in [-0.1, -0.05) is 0 Å². The van der Waals surface area contributed by atoms with Crippen molar-refractivity contribution in [2.75, 3.05) is 0 Å². The molecule has 4 nitrogen and oxygen atoms in total. The van der Waals surface area contributed by atoms with Gasteiger partial charge in [0.2, 0.25) is 0 Å². The van der Waals surface area contributed by atoms with Crippen molar-refractivity contribution in [2.45, 2.75) is 32.8 Å². The third-order valence-electron chi connectivity index (χ3n) is 3.04. The molecule has 0 bridgehead atoms. The summed E-state index contributed by atoms with van der Waals surface area (Å²) in [4.78, 5) is 16.5. The molecule has 3 rings (SSSR count). The van der Waals surface area contributed by atoms with E-state index in [0.29, 0.717) is 12.0 Å². The summed E-state index contributed by atoms with van der Waals surface area (Å²) in [6.07, 6.45) is 8.07. The van der Waals surface area contributed by atoms with Crippen molar-refractivity contribution in [3.8, 4) is 0 Å².